The molecule has 0 aromatic heterocycles. The van der Waals surface area contributed by atoms with Crippen LogP contribution in [-0.2, 0) is 9.22 Å². The lowest BCUT2D eigenvalue weighted by Crippen LogP contribution is -2.31. The lowest BCUT2D eigenvalue weighted by Gasteiger charge is -2.22. The van der Waals surface area contributed by atoms with Crippen molar-refractivity contribution in [2.75, 3.05) is 0 Å². The van der Waals surface area contributed by atoms with Crippen molar-refractivity contribution in [3.05, 3.63) is 0 Å². The molecule has 0 heterocycles. The van der Waals surface area contributed by atoms with Crippen LogP contribution in [0.2, 0.25) is 19.6 Å². The van der Waals surface area contributed by atoms with Gasteiger partial charge in [0, 0.05) is 6.42 Å². The molecule has 11 heavy (non-hydrogen) atoms. The Labute approximate surface area is 74.0 Å². The van der Waals surface area contributed by atoms with E-state index in [0.29, 0.717) is 6.42 Å². The lowest BCUT2D eigenvalue weighted by molar-refractivity contribution is -0.113. The van der Waals surface area contributed by atoms with Gasteiger partial charge in [0.25, 0.3) is 0 Å². The molecule has 0 aliphatic carbocycles. The van der Waals surface area contributed by atoms with E-state index in [1.807, 2.05) is 6.92 Å². The summed E-state index contributed by atoms with van der Waals surface area (Å²) in [5.74, 6) is 0. The predicted molar refractivity (Wildman–Crippen MR) is 49.4 cm³/mol. The van der Waals surface area contributed by atoms with Crippen molar-refractivity contribution in [1.82, 2.24) is 0 Å². The molecule has 1 atom stereocenters. The van der Waals surface area contributed by atoms with E-state index >= 15 is 0 Å². The Morgan fingerprint density at radius 3 is 2.27 bits per heavy atom. The molecule has 4 heteroatoms. The Balaban J connectivity index is 3.69. The van der Waals surface area contributed by atoms with Gasteiger partial charge in [-0.05, 0) is 38.2 Å². The second-order valence-corrected chi connectivity index (χ2v) is 8.48. The summed E-state index contributed by atoms with van der Waals surface area (Å²) in [5, 5.41) is -0.323. The Hall–Kier alpha value is 0.137. The highest BCUT2D eigenvalue weighted by molar-refractivity contribution is 6.69. The molecule has 0 fully saturated rings. The lowest BCUT2D eigenvalue weighted by atomic mass is 10.3. The van der Waals surface area contributed by atoms with Crippen LogP contribution in [0.5, 0.6) is 0 Å². The summed E-state index contributed by atoms with van der Waals surface area (Å²) in [5.41, 5.74) is 0. The molecule has 2 nitrogen and oxygen atoms in total. The van der Waals surface area contributed by atoms with E-state index in [9.17, 15) is 4.79 Å². The number of halogens is 1. The van der Waals surface area contributed by atoms with Crippen molar-refractivity contribution >= 4 is 25.2 Å². The number of hydrogen-bond acceptors (Lipinski definition) is 2. The Morgan fingerprint density at radius 1 is 1.55 bits per heavy atom. The van der Waals surface area contributed by atoms with Gasteiger partial charge in [0.05, 0.1) is 6.10 Å². The first kappa shape index (κ1) is 11.1. The zero-order valence-electron chi connectivity index (χ0n) is 7.48. The first-order valence-corrected chi connectivity index (χ1v) is 7.46. The second kappa shape index (κ2) is 4.23. The number of carbonyl (C=O) groups excluding carboxylic acids is 1. The predicted octanol–water partition coefficient (Wildman–Crippen LogP) is 2.38. The highest BCUT2D eigenvalue weighted by Gasteiger charge is 2.19. The molecule has 0 bridgehead atoms. The topological polar surface area (TPSA) is 26.3 Å². The number of carbonyl (C=O) groups is 1. The monoisotopic (exact) mass is 194 g/mol. The fourth-order valence-electron chi connectivity index (χ4n) is 0.871. The van der Waals surface area contributed by atoms with Crippen LogP contribution in [0.15, 0.2) is 0 Å². The molecule has 0 radical (unpaired) electrons. The Bertz CT molecular complexity index is 142. The third-order valence-corrected chi connectivity index (χ3v) is 2.27. The molecule has 0 saturated carbocycles. The zero-order valence-corrected chi connectivity index (χ0v) is 9.23. The minimum absolute atomic E-state index is 0.0355. The zero-order chi connectivity index (χ0) is 9.07. The highest BCUT2D eigenvalue weighted by atomic mass is 35.5. The van der Waals surface area contributed by atoms with Crippen LogP contribution in [0.4, 0.5) is 0 Å². The van der Waals surface area contributed by atoms with Crippen LogP contribution < -0.4 is 0 Å². The maximum atomic E-state index is 10.4. The maximum Gasteiger partial charge on any atom is 0.224 e. The summed E-state index contributed by atoms with van der Waals surface area (Å²) >= 11 is 5.20. The maximum absolute atomic E-state index is 10.4. The van der Waals surface area contributed by atoms with Crippen LogP contribution >= 0.6 is 11.6 Å². The van der Waals surface area contributed by atoms with Crippen molar-refractivity contribution in [2.45, 2.75) is 39.1 Å². The first-order valence-electron chi connectivity index (χ1n) is 3.67. The molecule has 0 aromatic rings. The van der Waals surface area contributed by atoms with Crippen LogP contribution in [-0.4, -0.2) is 19.7 Å². The van der Waals surface area contributed by atoms with Gasteiger partial charge < -0.3 is 4.43 Å². The molecule has 0 N–H and O–H groups in total. The standard InChI is InChI=1S/C7H15ClO2Si/c1-6(5-7(8)9)10-11(2,3)4/h6H,5H2,1-4H3/t6-/m0/s1. The molecule has 0 saturated heterocycles. The van der Waals surface area contributed by atoms with Crippen molar-refractivity contribution in [3.63, 3.8) is 0 Å². The van der Waals surface area contributed by atoms with Crippen LogP contribution in [0, 0.1) is 0 Å². The second-order valence-electron chi connectivity index (χ2n) is 3.60. The molecule has 0 spiro atoms. The van der Waals surface area contributed by atoms with E-state index in [1.54, 1.807) is 0 Å². The van der Waals surface area contributed by atoms with Crippen molar-refractivity contribution < 1.29 is 9.22 Å². The fraction of sp³-hybridized carbons (Fsp3) is 0.857. The van der Waals surface area contributed by atoms with Crippen molar-refractivity contribution in [1.29, 1.82) is 0 Å². The van der Waals surface area contributed by atoms with Crippen LogP contribution in [0.3, 0.4) is 0 Å². The minimum Gasteiger partial charge on any atom is -0.415 e. The smallest absolute Gasteiger partial charge is 0.224 e. The Morgan fingerprint density at radius 2 is 2.00 bits per heavy atom. The van der Waals surface area contributed by atoms with Gasteiger partial charge in [-0.2, -0.15) is 0 Å². The number of rotatable bonds is 4. The normalized spacial score (nSPS) is 14.6. The molecular weight excluding hydrogens is 180 g/mol. The molecular formula is C7H15ClO2Si. The molecule has 0 aliphatic heterocycles. The van der Waals surface area contributed by atoms with Crippen molar-refractivity contribution in [2.24, 2.45) is 0 Å². The SMILES string of the molecule is C[C@@H](CC(=O)Cl)O[Si](C)(C)C. The summed E-state index contributed by atoms with van der Waals surface area (Å²) in [6.45, 7) is 8.13. The quantitative estimate of drug-likeness (QED) is 0.508. The highest BCUT2D eigenvalue weighted by Crippen LogP contribution is 2.10. The largest absolute Gasteiger partial charge is 0.415 e. The number of hydrogen-bond donors (Lipinski definition) is 0. The third-order valence-electron chi connectivity index (χ3n) is 1.00. The average molecular weight is 195 g/mol. The molecule has 0 aliphatic rings. The van der Waals surface area contributed by atoms with Crippen LogP contribution in [0.1, 0.15) is 13.3 Å². The molecule has 0 rings (SSSR count). The summed E-state index contributed by atoms with van der Waals surface area (Å²) < 4.78 is 5.58. The van der Waals surface area contributed by atoms with E-state index in [4.69, 9.17) is 16.0 Å². The summed E-state index contributed by atoms with van der Waals surface area (Å²) in [6.07, 6.45) is 0.276. The summed E-state index contributed by atoms with van der Waals surface area (Å²) in [4.78, 5) is 10.4. The average Bonchev–Trinajstić information content (AvgIpc) is 1.53. The van der Waals surface area contributed by atoms with E-state index < -0.39 is 8.32 Å². The van der Waals surface area contributed by atoms with Gasteiger partial charge in [-0.15, -0.1) is 0 Å². The van der Waals surface area contributed by atoms with E-state index in [1.165, 1.54) is 0 Å². The van der Waals surface area contributed by atoms with Gasteiger partial charge in [0.2, 0.25) is 5.24 Å². The van der Waals surface area contributed by atoms with Gasteiger partial charge in [-0.3, -0.25) is 4.79 Å². The molecule has 0 unspecified atom stereocenters. The van der Waals surface area contributed by atoms with Crippen molar-refractivity contribution in [3.8, 4) is 0 Å². The summed E-state index contributed by atoms with van der Waals surface area (Å²) in [6, 6.07) is 0. The van der Waals surface area contributed by atoms with Crippen LogP contribution in [0.25, 0.3) is 0 Å². The van der Waals surface area contributed by atoms with E-state index in [0.717, 1.165) is 0 Å². The first-order chi connectivity index (χ1) is 4.81. The molecule has 0 amide bonds. The van der Waals surface area contributed by atoms with E-state index in [-0.39, 0.29) is 11.3 Å². The Kier molecular flexibility index (Phi) is 4.29. The molecule has 0 aromatic carbocycles. The van der Waals surface area contributed by atoms with Gasteiger partial charge in [0.1, 0.15) is 0 Å². The van der Waals surface area contributed by atoms with Gasteiger partial charge in [-0.25, -0.2) is 0 Å². The minimum atomic E-state index is -1.50. The molecule has 66 valence electrons. The van der Waals surface area contributed by atoms with E-state index in [2.05, 4.69) is 19.6 Å². The van der Waals surface area contributed by atoms with Gasteiger partial charge in [0.15, 0.2) is 8.32 Å². The van der Waals surface area contributed by atoms with Gasteiger partial charge in [-0.1, -0.05) is 0 Å². The summed E-state index contributed by atoms with van der Waals surface area (Å²) in [7, 11) is -1.50. The van der Waals surface area contributed by atoms with Gasteiger partial charge >= 0.3 is 0 Å². The fourth-order valence-corrected chi connectivity index (χ4v) is 2.38. The third kappa shape index (κ3) is 8.04.